The summed E-state index contributed by atoms with van der Waals surface area (Å²) in [6, 6.07) is 0. The quantitative estimate of drug-likeness (QED) is 0.0930. The van der Waals surface area contributed by atoms with Crippen LogP contribution in [0.15, 0.2) is 11.6 Å². The van der Waals surface area contributed by atoms with E-state index < -0.39 is 5.97 Å². The van der Waals surface area contributed by atoms with Crippen LogP contribution in [-0.2, 0) is 19.1 Å². The molecule has 0 radical (unpaired) electrons. The summed E-state index contributed by atoms with van der Waals surface area (Å²) in [6.07, 6.45) is 23.7. The minimum Gasteiger partial charge on any atom is -0.481 e. The van der Waals surface area contributed by atoms with E-state index in [2.05, 4.69) is 40.7 Å². The Kier molecular flexibility index (Phi) is 13.2. The second-order valence-corrected chi connectivity index (χ2v) is 16.7. The van der Waals surface area contributed by atoms with Gasteiger partial charge < -0.3 is 9.84 Å². The van der Waals surface area contributed by atoms with Crippen molar-refractivity contribution < 1.29 is 24.2 Å². The van der Waals surface area contributed by atoms with Crippen LogP contribution in [0.1, 0.15) is 169 Å². The number of unbranched alkanes of at least 4 members (excludes halogenated alkanes) is 8. The molecule has 0 heterocycles. The van der Waals surface area contributed by atoms with E-state index in [1.807, 2.05) is 0 Å². The van der Waals surface area contributed by atoms with E-state index in [9.17, 15) is 14.4 Å². The summed E-state index contributed by atoms with van der Waals surface area (Å²) >= 11 is 0. The number of aliphatic carboxylic acids is 1. The van der Waals surface area contributed by atoms with Crippen LogP contribution in [0.5, 0.6) is 0 Å². The van der Waals surface area contributed by atoms with Gasteiger partial charge in [0.05, 0.1) is 0 Å². The summed E-state index contributed by atoms with van der Waals surface area (Å²) in [7, 11) is 0. The molecule has 5 heteroatoms. The highest BCUT2D eigenvalue weighted by Gasteiger charge is 2.61. The van der Waals surface area contributed by atoms with Gasteiger partial charge in [-0.05, 0) is 97.9 Å². The Labute approximate surface area is 275 Å². The van der Waals surface area contributed by atoms with Crippen molar-refractivity contribution in [3.63, 3.8) is 0 Å². The van der Waals surface area contributed by atoms with E-state index in [-0.39, 0.29) is 29.8 Å². The molecular formula is C40H66O5. The maximum atomic E-state index is 13.9. The zero-order chi connectivity index (χ0) is 32.6. The second kappa shape index (κ2) is 16.4. The standard InChI is InChI=1S/C40H66O5/c1-28(2)16-15-17-29(3)32-20-21-33-38-34(23-25-40(32,33)5)39(4)24-22-31(26-30(39)27-35(38)41)45-37(44)19-14-12-10-8-6-7-9-11-13-18-36(42)43/h26,28-29,31-34,38H,6-25,27H2,1-5H3,(H,42,43). The van der Waals surface area contributed by atoms with Gasteiger partial charge in [-0.1, -0.05) is 104 Å². The second-order valence-electron chi connectivity index (χ2n) is 16.7. The van der Waals surface area contributed by atoms with Crippen molar-refractivity contribution >= 4 is 17.7 Å². The number of fused-ring (bicyclic) bond motifs is 5. The summed E-state index contributed by atoms with van der Waals surface area (Å²) in [5.41, 5.74) is 1.64. The fourth-order valence-electron chi connectivity index (χ4n) is 10.5. The molecule has 1 N–H and O–H groups in total. The van der Waals surface area contributed by atoms with Crippen molar-refractivity contribution in [2.24, 2.45) is 46.3 Å². The van der Waals surface area contributed by atoms with E-state index in [4.69, 9.17) is 9.84 Å². The van der Waals surface area contributed by atoms with E-state index in [0.29, 0.717) is 35.9 Å². The molecule has 0 saturated heterocycles. The number of carboxylic acids is 1. The number of rotatable bonds is 18. The first-order valence-electron chi connectivity index (χ1n) is 19.1. The highest BCUT2D eigenvalue weighted by Crippen LogP contribution is 2.67. The molecule has 0 amide bonds. The molecule has 8 atom stereocenters. The summed E-state index contributed by atoms with van der Waals surface area (Å²) in [5.74, 6) is 3.17. The molecule has 0 bridgehead atoms. The number of Topliss-reactive ketones (excluding diaryl/α,β-unsaturated/α-hetero) is 1. The molecule has 0 aromatic carbocycles. The lowest BCUT2D eigenvalue weighted by Crippen LogP contribution is -2.54. The zero-order valence-electron chi connectivity index (χ0n) is 29.5. The van der Waals surface area contributed by atoms with Crippen LogP contribution in [0, 0.1) is 46.3 Å². The number of carboxylic acid groups (broad SMARTS) is 1. The molecule has 256 valence electrons. The predicted molar refractivity (Wildman–Crippen MR) is 182 cm³/mol. The molecule has 4 rings (SSSR count). The van der Waals surface area contributed by atoms with Gasteiger partial charge in [0, 0.05) is 25.2 Å². The smallest absolute Gasteiger partial charge is 0.306 e. The molecule has 45 heavy (non-hydrogen) atoms. The van der Waals surface area contributed by atoms with E-state index in [1.165, 1.54) is 69.8 Å². The third-order valence-electron chi connectivity index (χ3n) is 13.1. The highest BCUT2D eigenvalue weighted by atomic mass is 16.5. The van der Waals surface area contributed by atoms with Gasteiger partial charge in [0.15, 0.2) is 0 Å². The lowest BCUT2D eigenvalue weighted by Gasteiger charge is -2.58. The number of carbonyl (C=O) groups is 3. The first-order valence-corrected chi connectivity index (χ1v) is 19.1. The van der Waals surface area contributed by atoms with Crippen LogP contribution in [-0.4, -0.2) is 28.9 Å². The number of allylic oxidation sites excluding steroid dienone is 1. The molecule has 0 aliphatic heterocycles. The molecule has 0 aromatic rings. The first-order chi connectivity index (χ1) is 21.5. The van der Waals surface area contributed by atoms with Crippen molar-refractivity contribution in [3.05, 3.63) is 11.6 Å². The summed E-state index contributed by atoms with van der Waals surface area (Å²) in [5, 5.41) is 8.70. The Hall–Kier alpha value is -1.65. The van der Waals surface area contributed by atoms with Gasteiger partial charge in [0.1, 0.15) is 11.9 Å². The molecule has 5 nitrogen and oxygen atoms in total. The van der Waals surface area contributed by atoms with Gasteiger partial charge in [-0.25, -0.2) is 0 Å². The van der Waals surface area contributed by atoms with Crippen LogP contribution in [0.2, 0.25) is 0 Å². The third kappa shape index (κ3) is 9.04. The Morgan fingerprint density at radius 1 is 0.822 bits per heavy atom. The predicted octanol–water partition coefficient (Wildman–Crippen LogP) is 10.5. The minimum atomic E-state index is -0.698. The molecule has 4 aliphatic carbocycles. The summed E-state index contributed by atoms with van der Waals surface area (Å²) in [4.78, 5) is 37.2. The van der Waals surface area contributed by atoms with Crippen LogP contribution < -0.4 is 0 Å². The topological polar surface area (TPSA) is 80.7 Å². The van der Waals surface area contributed by atoms with Gasteiger partial charge in [-0.15, -0.1) is 0 Å². The number of ether oxygens (including phenoxy) is 1. The van der Waals surface area contributed by atoms with Gasteiger partial charge in [-0.2, -0.15) is 0 Å². The molecule has 3 saturated carbocycles. The molecule has 0 spiro atoms. The maximum absolute atomic E-state index is 13.9. The van der Waals surface area contributed by atoms with E-state index in [1.54, 1.807) is 0 Å². The van der Waals surface area contributed by atoms with Gasteiger partial charge in [-0.3, -0.25) is 14.4 Å². The lowest BCUT2D eigenvalue weighted by molar-refractivity contribution is -0.149. The maximum Gasteiger partial charge on any atom is 0.306 e. The van der Waals surface area contributed by atoms with Crippen LogP contribution in [0.4, 0.5) is 0 Å². The normalized spacial score (nSPS) is 33.2. The minimum absolute atomic E-state index is 0.0695. The van der Waals surface area contributed by atoms with E-state index >= 15 is 0 Å². The van der Waals surface area contributed by atoms with Gasteiger partial charge in [0.2, 0.25) is 0 Å². The third-order valence-corrected chi connectivity index (χ3v) is 13.1. The molecule has 4 aliphatic rings. The fraction of sp³-hybridized carbons (Fsp3) is 0.875. The summed E-state index contributed by atoms with van der Waals surface area (Å²) < 4.78 is 5.96. The van der Waals surface area contributed by atoms with Gasteiger partial charge >= 0.3 is 11.9 Å². The van der Waals surface area contributed by atoms with E-state index in [0.717, 1.165) is 69.1 Å². The van der Waals surface area contributed by atoms with Gasteiger partial charge in [0.25, 0.3) is 0 Å². The average Bonchev–Trinajstić information content (AvgIpc) is 3.33. The van der Waals surface area contributed by atoms with Crippen molar-refractivity contribution in [2.45, 2.75) is 176 Å². The lowest BCUT2D eigenvalue weighted by atomic mass is 9.46. The van der Waals surface area contributed by atoms with Crippen molar-refractivity contribution in [1.82, 2.24) is 0 Å². The van der Waals surface area contributed by atoms with Crippen molar-refractivity contribution in [1.29, 1.82) is 0 Å². The van der Waals surface area contributed by atoms with Crippen molar-refractivity contribution in [3.8, 4) is 0 Å². The monoisotopic (exact) mass is 626 g/mol. The Balaban J connectivity index is 1.22. The molecule has 3 fully saturated rings. The zero-order valence-corrected chi connectivity index (χ0v) is 29.5. The fourth-order valence-corrected chi connectivity index (χ4v) is 10.5. The molecular weight excluding hydrogens is 560 g/mol. The van der Waals surface area contributed by atoms with Crippen molar-refractivity contribution in [2.75, 3.05) is 0 Å². The summed E-state index contributed by atoms with van der Waals surface area (Å²) in [6.45, 7) is 12.1. The number of ketones is 1. The first kappa shape index (κ1) is 36.2. The SMILES string of the molecule is CC(C)CCCC(C)C1CCC2C3C(=O)CC4=CC(OC(=O)CCCCCCCCCCCC(=O)O)CCC4(C)C3CCC12C. The number of esters is 1. The number of hydrogen-bond acceptors (Lipinski definition) is 4. The largest absolute Gasteiger partial charge is 0.481 e. The average molecular weight is 627 g/mol. The number of carbonyl (C=O) groups excluding carboxylic acids is 2. The Morgan fingerprint density at radius 2 is 1.47 bits per heavy atom. The van der Waals surface area contributed by atoms with Crippen LogP contribution in [0.3, 0.4) is 0 Å². The molecule has 8 unspecified atom stereocenters. The highest BCUT2D eigenvalue weighted by molar-refractivity contribution is 5.86. The molecule has 0 aromatic heterocycles. The number of hydrogen-bond donors (Lipinski definition) is 1. The van der Waals surface area contributed by atoms with Crippen LogP contribution in [0.25, 0.3) is 0 Å². The Bertz CT molecular complexity index is 1030. The van der Waals surface area contributed by atoms with Crippen LogP contribution >= 0.6 is 0 Å². The Morgan fingerprint density at radius 3 is 2.11 bits per heavy atom.